The summed E-state index contributed by atoms with van der Waals surface area (Å²) in [5.74, 6) is 0.889. The van der Waals surface area contributed by atoms with Crippen molar-refractivity contribution in [1.29, 1.82) is 0 Å². The van der Waals surface area contributed by atoms with E-state index >= 15 is 0 Å². The number of likely N-dealkylation sites (tertiary alicyclic amines) is 1. The van der Waals surface area contributed by atoms with E-state index in [0.29, 0.717) is 11.6 Å². The number of anilines is 1. The van der Waals surface area contributed by atoms with Crippen LogP contribution in [-0.2, 0) is 0 Å². The maximum atomic E-state index is 12.2. The molecule has 4 rings (SSSR count). The minimum absolute atomic E-state index is 0.0129. The van der Waals surface area contributed by atoms with Gasteiger partial charge in [0.05, 0.1) is 17.4 Å². The van der Waals surface area contributed by atoms with E-state index in [1.54, 1.807) is 19.0 Å². The third-order valence-corrected chi connectivity index (χ3v) is 6.70. The molecule has 0 aliphatic carbocycles. The molecule has 0 radical (unpaired) electrons. The molecule has 1 amide bonds. The number of aromatic nitrogens is 2. The zero-order valence-electron chi connectivity index (χ0n) is 19.7. The van der Waals surface area contributed by atoms with Crippen molar-refractivity contribution in [3.8, 4) is 5.82 Å². The lowest BCUT2D eigenvalue weighted by molar-refractivity contribution is 0.0828. The number of amides is 1. The van der Waals surface area contributed by atoms with Crippen molar-refractivity contribution in [2.75, 3.05) is 32.5 Å². The van der Waals surface area contributed by atoms with Crippen LogP contribution in [0.3, 0.4) is 0 Å². The molecule has 1 fully saturated rings. The van der Waals surface area contributed by atoms with E-state index in [9.17, 15) is 4.79 Å². The highest BCUT2D eigenvalue weighted by molar-refractivity contribution is 5.98. The summed E-state index contributed by atoms with van der Waals surface area (Å²) in [4.78, 5) is 21.2. The van der Waals surface area contributed by atoms with Crippen molar-refractivity contribution >= 4 is 22.5 Å². The molecule has 0 spiro atoms. The molecule has 3 heterocycles. The second kappa shape index (κ2) is 9.74. The summed E-state index contributed by atoms with van der Waals surface area (Å²) in [5.41, 5.74) is 2.82. The van der Waals surface area contributed by atoms with Crippen LogP contribution in [-0.4, -0.2) is 64.5 Å². The molecule has 1 aliphatic rings. The zero-order chi connectivity index (χ0) is 22.7. The minimum atomic E-state index is 0.0129. The summed E-state index contributed by atoms with van der Waals surface area (Å²) < 4.78 is 2.07. The molecule has 170 valence electrons. The van der Waals surface area contributed by atoms with Gasteiger partial charge in [0.2, 0.25) is 0 Å². The van der Waals surface area contributed by atoms with Gasteiger partial charge in [0.15, 0.2) is 0 Å². The Morgan fingerprint density at radius 2 is 1.88 bits per heavy atom. The van der Waals surface area contributed by atoms with Crippen molar-refractivity contribution < 1.29 is 4.79 Å². The van der Waals surface area contributed by atoms with Crippen molar-refractivity contribution in [2.24, 2.45) is 0 Å². The number of rotatable bonds is 7. The predicted octanol–water partition coefficient (Wildman–Crippen LogP) is 4.79. The van der Waals surface area contributed by atoms with Crippen LogP contribution in [0.2, 0.25) is 0 Å². The number of piperidine rings is 1. The molecule has 0 saturated carbocycles. The summed E-state index contributed by atoms with van der Waals surface area (Å²) >= 11 is 0. The van der Waals surface area contributed by atoms with E-state index < -0.39 is 0 Å². The average molecular weight is 434 g/mol. The molecule has 1 N–H and O–H groups in total. The fraction of sp³-hybridized carbons (Fsp3) is 0.462. The van der Waals surface area contributed by atoms with E-state index in [2.05, 4.69) is 40.8 Å². The van der Waals surface area contributed by atoms with Gasteiger partial charge in [0.1, 0.15) is 5.82 Å². The first kappa shape index (κ1) is 22.3. The van der Waals surface area contributed by atoms with Crippen LogP contribution in [0, 0.1) is 0 Å². The van der Waals surface area contributed by atoms with E-state index in [-0.39, 0.29) is 5.91 Å². The molecule has 0 unspecified atom stereocenters. The molecule has 1 aromatic carbocycles. The van der Waals surface area contributed by atoms with Gasteiger partial charge in [0, 0.05) is 56.4 Å². The molecule has 3 aromatic rings. The number of pyridine rings is 1. The Hall–Kier alpha value is -2.86. The van der Waals surface area contributed by atoms with Gasteiger partial charge in [-0.15, -0.1) is 0 Å². The highest BCUT2D eigenvalue weighted by Gasteiger charge is 2.23. The van der Waals surface area contributed by atoms with Gasteiger partial charge in [-0.3, -0.25) is 4.79 Å². The number of nitrogens with one attached hydrogen (secondary N) is 1. The first-order valence-corrected chi connectivity index (χ1v) is 11.8. The third kappa shape index (κ3) is 4.65. The van der Waals surface area contributed by atoms with Crippen molar-refractivity contribution in [1.82, 2.24) is 19.4 Å². The lowest BCUT2D eigenvalue weighted by Gasteiger charge is -2.37. The molecule has 6 nitrogen and oxygen atoms in total. The third-order valence-electron chi connectivity index (χ3n) is 6.70. The number of carbonyl (C=O) groups excluding carboxylic acids is 1. The summed E-state index contributed by atoms with van der Waals surface area (Å²) in [6, 6.07) is 13.3. The number of hydrogen-bond acceptors (Lipinski definition) is 4. The molecule has 0 bridgehead atoms. The fourth-order valence-electron chi connectivity index (χ4n) is 4.80. The standard InChI is InChI=1S/C26H35N5O/c1-5-23(6-2)30-14-12-21(13-15-30)28-22-8-10-25(27-18-22)31-16-11-19-17-20(7-9-24(19)31)26(32)29(3)4/h7-11,16-18,21,23,28H,5-6,12-15H2,1-4H3. The van der Waals surface area contributed by atoms with Crippen molar-refractivity contribution in [3.63, 3.8) is 0 Å². The van der Waals surface area contributed by atoms with Crippen molar-refractivity contribution in [3.05, 3.63) is 54.4 Å². The summed E-state index contributed by atoms with van der Waals surface area (Å²) in [6.45, 7) is 6.93. The Kier molecular flexibility index (Phi) is 6.80. The van der Waals surface area contributed by atoms with E-state index in [0.717, 1.165) is 28.5 Å². The second-order valence-corrected chi connectivity index (χ2v) is 8.99. The molecule has 1 saturated heterocycles. The maximum absolute atomic E-state index is 12.2. The molecular weight excluding hydrogens is 398 g/mol. The number of nitrogens with zero attached hydrogens (tertiary/aromatic N) is 4. The highest BCUT2D eigenvalue weighted by Crippen LogP contribution is 2.23. The largest absolute Gasteiger partial charge is 0.381 e. The maximum Gasteiger partial charge on any atom is 0.253 e. The Morgan fingerprint density at radius 1 is 1.12 bits per heavy atom. The van der Waals surface area contributed by atoms with Crippen LogP contribution in [0.15, 0.2) is 48.8 Å². The van der Waals surface area contributed by atoms with Gasteiger partial charge < -0.3 is 19.7 Å². The van der Waals surface area contributed by atoms with Crippen LogP contribution in [0.25, 0.3) is 16.7 Å². The Balaban J connectivity index is 1.42. The van der Waals surface area contributed by atoms with E-state index in [4.69, 9.17) is 4.98 Å². The summed E-state index contributed by atoms with van der Waals surface area (Å²) in [6.07, 6.45) is 8.77. The van der Waals surface area contributed by atoms with Gasteiger partial charge in [-0.1, -0.05) is 13.8 Å². The smallest absolute Gasteiger partial charge is 0.253 e. The van der Waals surface area contributed by atoms with E-state index in [1.807, 2.05) is 36.7 Å². The Bertz CT molecular complexity index is 1040. The Labute approximate surface area is 191 Å². The first-order chi connectivity index (χ1) is 15.5. The van der Waals surface area contributed by atoms with Gasteiger partial charge in [0.25, 0.3) is 5.91 Å². The van der Waals surface area contributed by atoms with Crippen LogP contribution in [0.4, 0.5) is 5.69 Å². The van der Waals surface area contributed by atoms with E-state index in [1.165, 1.54) is 38.8 Å². The molecule has 1 aliphatic heterocycles. The molecule has 0 atom stereocenters. The predicted molar refractivity (Wildman–Crippen MR) is 132 cm³/mol. The second-order valence-electron chi connectivity index (χ2n) is 8.99. The number of hydrogen-bond donors (Lipinski definition) is 1. The minimum Gasteiger partial charge on any atom is -0.381 e. The Morgan fingerprint density at radius 3 is 2.50 bits per heavy atom. The number of fused-ring (bicyclic) bond motifs is 1. The summed E-state index contributed by atoms with van der Waals surface area (Å²) in [7, 11) is 3.54. The van der Waals surface area contributed by atoms with Gasteiger partial charge in [-0.2, -0.15) is 0 Å². The lowest BCUT2D eigenvalue weighted by Crippen LogP contribution is -2.44. The number of benzene rings is 1. The van der Waals surface area contributed by atoms with Crippen LogP contribution >= 0.6 is 0 Å². The lowest BCUT2D eigenvalue weighted by atomic mass is 10.0. The van der Waals surface area contributed by atoms with Crippen LogP contribution in [0.1, 0.15) is 49.9 Å². The normalized spacial score (nSPS) is 15.4. The zero-order valence-corrected chi connectivity index (χ0v) is 19.7. The topological polar surface area (TPSA) is 53.4 Å². The molecule has 2 aromatic heterocycles. The SMILES string of the molecule is CCC(CC)N1CCC(Nc2ccc(-n3ccc4cc(C(=O)N(C)C)ccc43)nc2)CC1. The number of carbonyl (C=O) groups is 1. The van der Waals surface area contributed by atoms with Gasteiger partial charge in [-0.05, 0) is 62.1 Å². The van der Waals surface area contributed by atoms with Crippen molar-refractivity contribution in [2.45, 2.75) is 51.6 Å². The van der Waals surface area contributed by atoms with Crippen LogP contribution < -0.4 is 5.32 Å². The molecule has 32 heavy (non-hydrogen) atoms. The molecule has 6 heteroatoms. The monoisotopic (exact) mass is 433 g/mol. The highest BCUT2D eigenvalue weighted by atomic mass is 16.2. The average Bonchev–Trinajstić information content (AvgIpc) is 3.24. The van der Waals surface area contributed by atoms with Gasteiger partial charge >= 0.3 is 0 Å². The quantitative estimate of drug-likeness (QED) is 0.582. The van der Waals surface area contributed by atoms with Gasteiger partial charge in [-0.25, -0.2) is 4.98 Å². The van der Waals surface area contributed by atoms with Crippen LogP contribution in [0.5, 0.6) is 0 Å². The fourth-order valence-corrected chi connectivity index (χ4v) is 4.80. The first-order valence-electron chi connectivity index (χ1n) is 11.8. The summed E-state index contributed by atoms with van der Waals surface area (Å²) in [5, 5.41) is 4.71. The molecular formula is C26H35N5O.